The van der Waals surface area contributed by atoms with E-state index in [4.69, 9.17) is 18.9 Å². The maximum atomic E-state index is 11.9. The Balaban J connectivity index is 2.04. The summed E-state index contributed by atoms with van der Waals surface area (Å²) in [7, 11) is 1.37. The predicted molar refractivity (Wildman–Crippen MR) is 120 cm³/mol. The van der Waals surface area contributed by atoms with Gasteiger partial charge in [-0.15, -0.1) is 0 Å². The van der Waals surface area contributed by atoms with Gasteiger partial charge < -0.3 is 29.2 Å². The van der Waals surface area contributed by atoms with Crippen LogP contribution < -0.4 is 0 Å². The van der Waals surface area contributed by atoms with Crippen LogP contribution in [0.15, 0.2) is 11.5 Å². The van der Waals surface area contributed by atoms with E-state index in [0.29, 0.717) is 0 Å². The number of methoxy groups -OCH3 is 1. The first kappa shape index (κ1) is 28.2. The van der Waals surface area contributed by atoms with Crippen molar-refractivity contribution in [2.24, 2.45) is 0 Å². The molecule has 186 valence electrons. The minimum atomic E-state index is -1.34. The fourth-order valence-corrected chi connectivity index (χ4v) is 3.61. The van der Waals surface area contributed by atoms with Crippen LogP contribution in [0.3, 0.4) is 0 Å². The molecule has 1 aliphatic rings. The quantitative estimate of drug-likeness (QED) is 0.154. The number of ether oxygens (including phenoxy) is 4. The SMILES string of the molecule is CCCCCCCCCCCCCCCC(=O)OC[C@H](O)[C@H]1OC(=O)C(O)=C1OCOC. The van der Waals surface area contributed by atoms with Gasteiger partial charge in [0, 0.05) is 13.5 Å². The number of carbonyl (C=O) groups is 2. The summed E-state index contributed by atoms with van der Waals surface area (Å²) in [6, 6.07) is 0. The Labute approximate surface area is 192 Å². The number of rotatable bonds is 20. The summed E-state index contributed by atoms with van der Waals surface area (Å²) in [4.78, 5) is 23.4. The number of carbonyl (C=O) groups excluding carboxylic acids is 2. The monoisotopic (exact) mass is 458 g/mol. The van der Waals surface area contributed by atoms with Crippen molar-refractivity contribution in [2.75, 3.05) is 20.5 Å². The predicted octanol–water partition coefficient (Wildman–Crippen LogP) is 4.69. The van der Waals surface area contributed by atoms with Crippen molar-refractivity contribution in [3.63, 3.8) is 0 Å². The third-order valence-electron chi connectivity index (χ3n) is 5.50. The van der Waals surface area contributed by atoms with Gasteiger partial charge in [-0.2, -0.15) is 0 Å². The van der Waals surface area contributed by atoms with Crippen molar-refractivity contribution in [1.29, 1.82) is 0 Å². The minimum Gasteiger partial charge on any atom is -0.499 e. The van der Waals surface area contributed by atoms with E-state index >= 15 is 0 Å². The van der Waals surface area contributed by atoms with Crippen LogP contribution in [0, 0.1) is 0 Å². The molecule has 1 rings (SSSR count). The van der Waals surface area contributed by atoms with E-state index in [0.717, 1.165) is 19.3 Å². The highest BCUT2D eigenvalue weighted by Gasteiger charge is 2.41. The van der Waals surface area contributed by atoms with Crippen LogP contribution in [0.4, 0.5) is 0 Å². The highest BCUT2D eigenvalue weighted by molar-refractivity contribution is 5.89. The second kappa shape index (κ2) is 17.7. The third kappa shape index (κ3) is 11.7. The van der Waals surface area contributed by atoms with Gasteiger partial charge in [0.1, 0.15) is 12.7 Å². The minimum absolute atomic E-state index is 0.224. The van der Waals surface area contributed by atoms with Crippen LogP contribution in [0.5, 0.6) is 0 Å². The lowest BCUT2D eigenvalue weighted by atomic mass is 10.0. The zero-order valence-electron chi connectivity index (χ0n) is 19.8. The van der Waals surface area contributed by atoms with Gasteiger partial charge in [0.15, 0.2) is 18.7 Å². The van der Waals surface area contributed by atoms with Crippen LogP contribution in [0.25, 0.3) is 0 Å². The number of hydrogen-bond donors (Lipinski definition) is 2. The molecule has 8 heteroatoms. The Kier molecular flexibility index (Phi) is 15.6. The van der Waals surface area contributed by atoms with Crippen molar-refractivity contribution in [3.05, 3.63) is 11.5 Å². The van der Waals surface area contributed by atoms with E-state index in [9.17, 15) is 19.8 Å². The first-order chi connectivity index (χ1) is 15.5. The Morgan fingerprint density at radius 2 is 1.50 bits per heavy atom. The Hall–Kier alpha value is -1.80. The first-order valence-electron chi connectivity index (χ1n) is 12.1. The molecule has 0 saturated heterocycles. The maximum Gasteiger partial charge on any atom is 0.378 e. The van der Waals surface area contributed by atoms with Crippen LogP contribution in [-0.4, -0.2) is 54.9 Å². The fraction of sp³-hybridized carbons (Fsp3) is 0.833. The highest BCUT2D eigenvalue weighted by atomic mass is 16.7. The number of esters is 2. The summed E-state index contributed by atoms with van der Waals surface area (Å²) >= 11 is 0. The van der Waals surface area contributed by atoms with Crippen molar-refractivity contribution in [3.8, 4) is 0 Å². The Morgan fingerprint density at radius 1 is 0.969 bits per heavy atom. The average molecular weight is 459 g/mol. The Morgan fingerprint density at radius 3 is 2.03 bits per heavy atom. The standard InChI is InChI=1S/C24H42O8/c1-3-4-5-6-7-8-9-10-11-12-13-14-15-16-20(26)30-17-19(25)22-23(31-18-29-2)21(27)24(28)32-22/h19,22,25,27H,3-18H2,1-2H3/t19-,22+/m0/s1. The molecule has 0 spiro atoms. The Bertz CT molecular complexity index is 560. The van der Waals surface area contributed by atoms with Gasteiger partial charge in [0.2, 0.25) is 5.76 Å². The summed E-state index contributed by atoms with van der Waals surface area (Å²) in [5.74, 6) is -2.36. The van der Waals surface area contributed by atoms with E-state index in [1.807, 2.05) is 0 Å². The van der Waals surface area contributed by atoms with E-state index in [1.165, 1.54) is 71.3 Å². The van der Waals surface area contributed by atoms with Gasteiger partial charge in [-0.05, 0) is 6.42 Å². The maximum absolute atomic E-state index is 11.9. The smallest absolute Gasteiger partial charge is 0.378 e. The van der Waals surface area contributed by atoms with Crippen molar-refractivity contribution < 1.29 is 38.7 Å². The van der Waals surface area contributed by atoms with Crippen molar-refractivity contribution >= 4 is 11.9 Å². The molecule has 0 saturated carbocycles. The molecular formula is C24H42O8. The lowest BCUT2D eigenvalue weighted by Gasteiger charge is -2.19. The number of cyclic esters (lactones) is 1. The van der Waals surface area contributed by atoms with Gasteiger partial charge in [0.25, 0.3) is 0 Å². The molecule has 0 fully saturated rings. The number of hydrogen-bond acceptors (Lipinski definition) is 8. The molecular weight excluding hydrogens is 416 g/mol. The van der Waals surface area contributed by atoms with E-state index < -0.39 is 29.9 Å². The van der Waals surface area contributed by atoms with Crippen LogP contribution in [0.1, 0.15) is 96.8 Å². The molecule has 0 aromatic heterocycles. The third-order valence-corrected chi connectivity index (χ3v) is 5.50. The first-order valence-corrected chi connectivity index (χ1v) is 12.1. The molecule has 0 bridgehead atoms. The van der Waals surface area contributed by atoms with Crippen LogP contribution >= 0.6 is 0 Å². The number of unbranched alkanes of at least 4 members (excludes halogenated alkanes) is 12. The molecule has 0 aromatic rings. The molecule has 0 radical (unpaired) electrons. The fourth-order valence-electron chi connectivity index (χ4n) is 3.61. The van der Waals surface area contributed by atoms with Gasteiger partial charge in [-0.1, -0.05) is 84.0 Å². The normalized spacial score (nSPS) is 16.8. The highest BCUT2D eigenvalue weighted by Crippen LogP contribution is 2.25. The second-order valence-corrected chi connectivity index (χ2v) is 8.33. The summed E-state index contributed by atoms with van der Waals surface area (Å²) in [6.45, 7) is 1.66. The van der Waals surface area contributed by atoms with Crippen LogP contribution in [-0.2, 0) is 28.5 Å². The zero-order chi connectivity index (χ0) is 23.6. The molecule has 32 heavy (non-hydrogen) atoms. The van der Waals surface area contributed by atoms with Gasteiger partial charge >= 0.3 is 11.9 Å². The average Bonchev–Trinajstić information content (AvgIpc) is 3.07. The van der Waals surface area contributed by atoms with Crippen molar-refractivity contribution in [2.45, 2.75) is 109 Å². The van der Waals surface area contributed by atoms with Crippen LogP contribution in [0.2, 0.25) is 0 Å². The van der Waals surface area contributed by atoms with E-state index in [2.05, 4.69) is 6.92 Å². The van der Waals surface area contributed by atoms with E-state index in [-0.39, 0.29) is 25.6 Å². The zero-order valence-corrected chi connectivity index (χ0v) is 19.8. The molecule has 2 N–H and O–H groups in total. The molecule has 0 amide bonds. The lowest BCUT2D eigenvalue weighted by molar-refractivity contribution is -0.155. The van der Waals surface area contributed by atoms with E-state index in [1.54, 1.807) is 0 Å². The molecule has 0 unspecified atom stereocenters. The van der Waals surface area contributed by atoms with Gasteiger partial charge in [0.05, 0.1) is 0 Å². The lowest BCUT2D eigenvalue weighted by Crippen LogP contribution is -2.34. The molecule has 1 heterocycles. The summed E-state index contributed by atoms with van der Waals surface area (Å²) in [6.07, 6.45) is 13.7. The summed E-state index contributed by atoms with van der Waals surface area (Å²) in [5.41, 5.74) is 0. The second-order valence-electron chi connectivity index (χ2n) is 8.33. The number of aliphatic hydroxyl groups is 2. The summed E-state index contributed by atoms with van der Waals surface area (Å²) in [5, 5.41) is 19.8. The van der Waals surface area contributed by atoms with Gasteiger partial charge in [-0.25, -0.2) is 4.79 Å². The molecule has 8 nitrogen and oxygen atoms in total. The summed E-state index contributed by atoms with van der Waals surface area (Å²) < 4.78 is 19.8. The topological polar surface area (TPSA) is 112 Å². The molecule has 2 atom stereocenters. The molecule has 1 aliphatic heterocycles. The molecule has 0 aliphatic carbocycles. The van der Waals surface area contributed by atoms with Gasteiger partial charge in [-0.3, -0.25) is 4.79 Å². The molecule has 0 aromatic carbocycles. The number of aliphatic hydroxyl groups excluding tert-OH is 2. The van der Waals surface area contributed by atoms with Crippen molar-refractivity contribution in [1.82, 2.24) is 0 Å². The largest absolute Gasteiger partial charge is 0.499 e.